The van der Waals surface area contributed by atoms with Crippen LogP contribution >= 0.6 is 0 Å². The second-order valence-corrected chi connectivity index (χ2v) is 9.63. The molecule has 1 amide bonds. The Balaban J connectivity index is 1.50. The molecule has 32 heavy (non-hydrogen) atoms. The molecule has 0 aliphatic carbocycles. The highest BCUT2D eigenvalue weighted by Crippen LogP contribution is 2.19. The van der Waals surface area contributed by atoms with E-state index >= 15 is 0 Å². The Morgan fingerprint density at radius 1 is 0.938 bits per heavy atom. The zero-order valence-corrected chi connectivity index (χ0v) is 18.6. The van der Waals surface area contributed by atoms with E-state index in [1.165, 1.54) is 21.0 Å². The molecule has 10 heteroatoms. The van der Waals surface area contributed by atoms with Gasteiger partial charge in [-0.2, -0.15) is 4.31 Å². The summed E-state index contributed by atoms with van der Waals surface area (Å²) >= 11 is 0. The van der Waals surface area contributed by atoms with Gasteiger partial charge in [-0.05, 0) is 49.7 Å². The molecule has 0 N–H and O–H groups in total. The van der Waals surface area contributed by atoms with Crippen LogP contribution in [-0.4, -0.2) is 58.8 Å². The van der Waals surface area contributed by atoms with Crippen LogP contribution in [0.15, 0.2) is 58.2 Å². The summed E-state index contributed by atoms with van der Waals surface area (Å²) in [6, 6.07) is 12.1. The summed E-state index contributed by atoms with van der Waals surface area (Å²) in [6.07, 6.45) is 0.470. The molecule has 0 bridgehead atoms. The van der Waals surface area contributed by atoms with Crippen LogP contribution in [0.25, 0.3) is 11.0 Å². The Bertz CT molecular complexity index is 1300. The number of fused-ring (bicyclic) bond motifs is 1. The molecule has 1 aliphatic rings. The van der Waals surface area contributed by atoms with E-state index in [0.29, 0.717) is 25.0 Å². The van der Waals surface area contributed by atoms with Gasteiger partial charge >= 0.3 is 5.69 Å². The van der Waals surface area contributed by atoms with Crippen molar-refractivity contribution >= 4 is 27.0 Å². The fourth-order valence-corrected chi connectivity index (χ4v) is 5.57. The molecule has 1 saturated heterocycles. The van der Waals surface area contributed by atoms with Crippen molar-refractivity contribution < 1.29 is 17.6 Å². The summed E-state index contributed by atoms with van der Waals surface area (Å²) in [4.78, 5) is 27.5. The Kier molecular flexibility index (Phi) is 6.16. The number of carbonyl (C=O) groups is 1. The quantitative estimate of drug-likeness (QED) is 0.582. The van der Waals surface area contributed by atoms with E-state index in [0.717, 1.165) is 17.6 Å². The van der Waals surface area contributed by atoms with Gasteiger partial charge in [0.2, 0.25) is 15.9 Å². The van der Waals surface area contributed by atoms with Gasteiger partial charge in [0.1, 0.15) is 12.4 Å². The van der Waals surface area contributed by atoms with Crippen molar-refractivity contribution in [2.75, 3.05) is 26.2 Å². The number of hydrogen-bond donors (Lipinski definition) is 0. The number of rotatable bonds is 5. The van der Waals surface area contributed by atoms with E-state index in [2.05, 4.69) is 0 Å². The van der Waals surface area contributed by atoms with Crippen molar-refractivity contribution in [1.29, 1.82) is 0 Å². The number of imidazole rings is 1. The fraction of sp³-hybridized carbons (Fsp3) is 0.364. The molecule has 0 atom stereocenters. The third-order valence-electron chi connectivity index (χ3n) is 5.79. The third kappa shape index (κ3) is 4.07. The van der Waals surface area contributed by atoms with Gasteiger partial charge in [-0.25, -0.2) is 17.6 Å². The minimum Gasteiger partial charge on any atom is -0.340 e. The molecular weight excluding hydrogens is 435 g/mol. The van der Waals surface area contributed by atoms with Gasteiger partial charge < -0.3 is 4.90 Å². The number of amides is 1. The number of benzene rings is 2. The lowest BCUT2D eigenvalue weighted by molar-refractivity contribution is -0.131. The highest BCUT2D eigenvalue weighted by Gasteiger charge is 2.28. The Morgan fingerprint density at radius 2 is 1.59 bits per heavy atom. The van der Waals surface area contributed by atoms with E-state index in [1.54, 1.807) is 9.47 Å². The first-order chi connectivity index (χ1) is 15.3. The van der Waals surface area contributed by atoms with Gasteiger partial charge in [-0.15, -0.1) is 0 Å². The van der Waals surface area contributed by atoms with E-state index in [9.17, 15) is 22.4 Å². The first-order valence-electron chi connectivity index (χ1n) is 10.5. The molecule has 2 heterocycles. The number of aromatic nitrogens is 2. The maximum atomic E-state index is 13.2. The van der Waals surface area contributed by atoms with Crippen LogP contribution in [0.1, 0.15) is 13.3 Å². The fourth-order valence-electron chi connectivity index (χ4n) is 4.11. The second-order valence-electron chi connectivity index (χ2n) is 7.69. The summed E-state index contributed by atoms with van der Waals surface area (Å²) in [5.74, 6) is -0.733. The molecule has 4 rings (SSSR count). The van der Waals surface area contributed by atoms with Crippen LogP contribution in [0, 0.1) is 5.82 Å². The van der Waals surface area contributed by atoms with Crippen LogP contribution in [-0.2, 0) is 27.9 Å². The standard InChI is InChI=1S/C22H25FN4O4S/c1-2-26-19-6-3-4-7-20(19)27(22(26)29)16-21(28)24-12-5-13-25(15-14-24)32(30,31)18-10-8-17(23)9-11-18/h3-4,6-11H,2,5,12-16H2,1H3. The highest BCUT2D eigenvalue weighted by molar-refractivity contribution is 7.89. The number of hydrogen-bond acceptors (Lipinski definition) is 4. The number of carbonyl (C=O) groups excluding carboxylic acids is 1. The Morgan fingerprint density at radius 3 is 2.25 bits per heavy atom. The first-order valence-corrected chi connectivity index (χ1v) is 12.0. The maximum absolute atomic E-state index is 13.2. The molecule has 0 saturated carbocycles. The van der Waals surface area contributed by atoms with E-state index in [1.807, 2.05) is 31.2 Å². The van der Waals surface area contributed by atoms with E-state index in [-0.39, 0.29) is 42.7 Å². The number of halogens is 1. The molecule has 1 aromatic heterocycles. The first kappa shape index (κ1) is 22.2. The van der Waals surface area contributed by atoms with Crippen molar-refractivity contribution in [3.63, 3.8) is 0 Å². The van der Waals surface area contributed by atoms with Gasteiger partial charge in [-0.1, -0.05) is 12.1 Å². The summed E-state index contributed by atoms with van der Waals surface area (Å²) in [7, 11) is -3.78. The van der Waals surface area contributed by atoms with Gasteiger partial charge in [0, 0.05) is 32.7 Å². The second kappa shape index (κ2) is 8.87. The van der Waals surface area contributed by atoms with Crippen molar-refractivity contribution in [2.24, 2.45) is 0 Å². The summed E-state index contributed by atoms with van der Waals surface area (Å²) < 4.78 is 43.4. The molecule has 2 aromatic carbocycles. The largest absolute Gasteiger partial charge is 0.340 e. The highest BCUT2D eigenvalue weighted by atomic mass is 32.2. The van der Waals surface area contributed by atoms with Crippen molar-refractivity contribution in [3.05, 3.63) is 64.8 Å². The summed E-state index contributed by atoms with van der Waals surface area (Å²) in [5, 5.41) is 0. The average molecular weight is 461 g/mol. The zero-order chi connectivity index (χ0) is 22.9. The topological polar surface area (TPSA) is 84.6 Å². The lowest BCUT2D eigenvalue weighted by Crippen LogP contribution is -2.40. The van der Waals surface area contributed by atoms with Gasteiger partial charge in [0.25, 0.3) is 0 Å². The molecule has 0 spiro atoms. The maximum Gasteiger partial charge on any atom is 0.329 e. The number of aryl methyl sites for hydroxylation is 1. The minimum absolute atomic E-state index is 0.0256. The third-order valence-corrected chi connectivity index (χ3v) is 7.71. The average Bonchev–Trinajstić information content (AvgIpc) is 2.93. The molecule has 8 nitrogen and oxygen atoms in total. The van der Waals surface area contributed by atoms with Crippen molar-refractivity contribution in [2.45, 2.75) is 31.3 Å². The molecule has 0 radical (unpaired) electrons. The number of nitrogens with zero attached hydrogens (tertiary/aromatic N) is 4. The number of para-hydroxylation sites is 2. The van der Waals surface area contributed by atoms with Crippen molar-refractivity contribution in [1.82, 2.24) is 18.3 Å². The minimum atomic E-state index is -3.78. The lowest BCUT2D eigenvalue weighted by Gasteiger charge is -2.22. The van der Waals surface area contributed by atoms with Crippen LogP contribution in [0.2, 0.25) is 0 Å². The Labute approximate surface area is 185 Å². The van der Waals surface area contributed by atoms with Crippen LogP contribution in [0.3, 0.4) is 0 Å². The summed E-state index contributed by atoms with van der Waals surface area (Å²) in [5.41, 5.74) is 1.24. The van der Waals surface area contributed by atoms with Crippen LogP contribution < -0.4 is 5.69 Å². The molecule has 1 aliphatic heterocycles. The van der Waals surface area contributed by atoms with Gasteiger partial charge in [-0.3, -0.25) is 13.9 Å². The molecule has 170 valence electrons. The van der Waals surface area contributed by atoms with Gasteiger partial charge in [0.15, 0.2) is 0 Å². The molecule has 3 aromatic rings. The lowest BCUT2D eigenvalue weighted by atomic mass is 10.3. The summed E-state index contributed by atoms with van der Waals surface area (Å²) in [6.45, 7) is 3.30. The SMILES string of the molecule is CCn1c(=O)n(CC(=O)N2CCCN(S(=O)(=O)c3ccc(F)cc3)CC2)c2ccccc21. The molecule has 0 unspecified atom stereocenters. The van der Waals surface area contributed by atoms with E-state index < -0.39 is 15.8 Å². The van der Waals surface area contributed by atoms with E-state index in [4.69, 9.17) is 0 Å². The Hall–Kier alpha value is -2.98. The molecular formula is C22H25FN4O4S. The normalized spacial score (nSPS) is 15.8. The number of sulfonamides is 1. The van der Waals surface area contributed by atoms with Gasteiger partial charge in [0.05, 0.1) is 15.9 Å². The smallest absolute Gasteiger partial charge is 0.329 e. The monoisotopic (exact) mass is 460 g/mol. The van der Waals surface area contributed by atoms with Crippen molar-refractivity contribution in [3.8, 4) is 0 Å². The molecule has 1 fully saturated rings. The predicted octanol–water partition coefficient (Wildman–Crippen LogP) is 1.89. The predicted molar refractivity (Wildman–Crippen MR) is 118 cm³/mol. The van der Waals surface area contributed by atoms with Crippen LogP contribution in [0.4, 0.5) is 4.39 Å². The zero-order valence-electron chi connectivity index (χ0n) is 17.8. The van der Waals surface area contributed by atoms with Crippen LogP contribution in [0.5, 0.6) is 0 Å².